The van der Waals surface area contributed by atoms with Gasteiger partial charge in [-0.05, 0) is 31.7 Å². The molecule has 0 unspecified atom stereocenters. The number of imidazole rings is 1. The Hall–Kier alpha value is -2.10. The van der Waals surface area contributed by atoms with Crippen molar-refractivity contribution in [2.45, 2.75) is 32.7 Å². The number of hydrogen-bond acceptors (Lipinski definition) is 3. The van der Waals surface area contributed by atoms with Gasteiger partial charge in [-0.15, -0.1) is 0 Å². The van der Waals surface area contributed by atoms with Crippen LogP contribution in [0.15, 0.2) is 42.9 Å². The highest BCUT2D eigenvalue weighted by molar-refractivity contribution is 5.69. The van der Waals surface area contributed by atoms with Gasteiger partial charge < -0.3 is 9.30 Å². The number of esters is 1. The van der Waals surface area contributed by atoms with Gasteiger partial charge in [0, 0.05) is 11.9 Å². The minimum atomic E-state index is -0.213. The quantitative estimate of drug-likeness (QED) is 0.728. The van der Waals surface area contributed by atoms with Crippen LogP contribution in [0.25, 0.3) is 0 Å². The maximum Gasteiger partial charge on any atom is 0.325 e. The molecule has 2 rings (SSSR count). The van der Waals surface area contributed by atoms with E-state index in [-0.39, 0.29) is 12.5 Å². The van der Waals surface area contributed by atoms with Gasteiger partial charge in [-0.25, -0.2) is 4.98 Å². The summed E-state index contributed by atoms with van der Waals surface area (Å²) in [6.45, 7) is 2.47. The molecule has 1 aromatic carbocycles. The molecule has 0 aliphatic rings. The fourth-order valence-electron chi connectivity index (χ4n) is 2.16. The van der Waals surface area contributed by atoms with Crippen molar-refractivity contribution >= 4 is 5.97 Å². The van der Waals surface area contributed by atoms with Gasteiger partial charge in [-0.1, -0.05) is 30.3 Å². The van der Waals surface area contributed by atoms with Crippen molar-refractivity contribution in [3.8, 4) is 0 Å². The first-order chi connectivity index (χ1) is 9.79. The van der Waals surface area contributed by atoms with E-state index in [1.54, 1.807) is 6.33 Å². The third-order valence-electron chi connectivity index (χ3n) is 3.14. The predicted molar refractivity (Wildman–Crippen MR) is 77.3 cm³/mol. The van der Waals surface area contributed by atoms with Crippen LogP contribution in [0.5, 0.6) is 0 Å². The molecule has 0 aliphatic heterocycles. The van der Waals surface area contributed by atoms with Crippen molar-refractivity contribution in [3.05, 3.63) is 54.1 Å². The average Bonchev–Trinajstić information content (AvgIpc) is 2.88. The summed E-state index contributed by atoms with van der Waals surface area (Å²) in [4.78, 5) is 15.6. The fourth-order valence-corrected chi connectivity index (χ4v) is 2.16. The highest BCUT2D eigenvalue weighted by atomic mass is 16.5. The summed E-state index contributed by atoms with van der Waals surface area (Å²) in [6.07, 6.45) is 6.50. The van der Waals surface area contributed by atoms with Gasteiger partial charge in [-0.2, -0.15) is 0 Å². The van der Waals surface area contributed by atoms with Gasteiger partial charge >= 0.3 is 5.97 Å². The summed E-state index contributed by atoms with van der Waals surface area (Å²) < 4.78 is 6.82. The molecular formula is C16H20N2O2. The number of aromatic nitrogens is 2. The molecule has 1 heterocycles. The van der Waals surface area contributed by atoms with E-state index in [2.05, 4.69) is 29.2 Å². The van der Waals surface area contributed by atoms with E-state index in [1.807, 2.05) is 23.8 Å². The Bertz CT molecular complexity index is 534. The zero-order chi connectivity index (χ0) is 14.2. The lowest BCUT2D eigenvalue weighted by Gasteiger charge is -2.07. The van der Waals surface area contributed by atoms with Crippen LogP contribution in [0.3, 0.4) is 0 Å². The van der Waals surface area contributed by atoms with E-state index in [4.69, 9.17) is 4.74 Å². The number of rotatable bonds is 7. The highest BCUT2D eigenvalue weighted by Gasteiger charge is 2.07. The van der Waals surface area contributed by atoms with E-state index in [9.17, 15) is 4.79 Å². The fraction of sp³-hybridized carbons (Fsp3) is 0.375. The Balaban J connectivity index is 1.84. The molecule has 0 N–H and O–H groups in total. The van der Waals surface area contributed by atoms with Gasteiger partial charge in [0.25, 0.3) is 0 Å². The summed E-state index contributed by atoms with van der Waals surface area (Å²) in [5.41, 5.74) is 2.41. The Morgan fingerprint density at radius 3 is 2.80 bits per heavy atom. The number of aryl methyl sites for hydroxylation is 2. The first-order valence-corrected chi connectivity index (χ1v) is 6.98. The first-order valence-electron chi connectivity index (χ1n) is 6.98. The number of carbonyl (C=O) groups is 1. The lowest BCUT2D eigenvalue weighted by atomic mass is 10.1. The molecule has 0 saturated heterocycles. The predicted octanol–water partition coefficient (Wildman–Crippen LogP) is 2.62. The lowest BCUT2D eigenvalue weighted by Crippen LogP contribution is -2.14. The zero-order valence-corrected chi connectivity index (χ0v) is 11.8. The van der Waals surface area contributed by atoms with Crippen LogP contribution in [0.2, 0.25) is 0 Å². The van der Waals surface area contributed by atoms with E-state index in [0.29, 0.717) is 6.61 Å². The Morgan fingerprint density at radius 2 is 2.05 bits per heavy atom. The van der Waals surface area contributed by atoms with E-state index in [0.717, 1.165) is 25.0 Å². The Kier molecular flexibility index (Phi) is 5.35. The van der Waals surface area contributed by atoms with Crippen molar-refractivity contribution in [1.82, 2.24) is 9.55 Å². The molecule has 0 fully saturated rings. The minimum absolute atomic E-state index is 0.213. The van der Waals surface area contributed by atoms with Gasteiger partial charge in [0.05, 0.1) is 12.9 Å². The van der Waals surface area contributed by atoms with Crippen LogP contribution in [-0.2, 0) is 28.9 Å². The molecule has 0 amide bonds. The average molecular weight is 272 g/mol. The number of nitrogens with zero attached hydrogens (tertiary/aromatic N) is 2. The number of hydrogen-bond donors (Lipinski definition) is 0. The van der Waals surface area contributed by atoms with E-state index in [1.165, 1.54) is 5.56 Å². The maximum atomic E-state index is 11.5. The molecule has 0 radical (unpaired) electrons. The second kappa shape index (κ2) is 7.48. The summed E-state index contributed by atoms with van der Waals surface area (Å²) in [7, 11) is 0. The maximum absolute atomic E-state index is 11.5. The second-order valence-electron chi connectivity index (χ2n) is 4.66. The molecule has 0 bridgehead atoms. The van der Waals surface area contributed by atoms with Crippen molar-refractivity contribution in [3.63, 3.8) is 0 Å². The molecule has 4 heteroatoms. The van der Waals surface area contributed by atoms with Gasteiger partial charge in [0.1, 0.15) is 6.54 Å². The summed E-state index contributed by atoms with van der Waals surface area (Å²) >= 11 is 0. The second-order valence-corrected chi connectivity index (χ2v) is 4.66. The third-order valence-corrected chi connectivity index (χ3v) is 3.14. The third kappa shape index (κ3) is 4.23. The van der Waals surface area contributed by atoms with Crippen LogP contribution in [-0.4, -0.2) is 22.1 Å². The smallest absolute Gasteiger partial charge is 0.325 e. The Labute approximate surface area is 119 Å². The molecule has 0 spiro atoms. The first kappa shape index (κ1) is 14.3. The molecule has 106 valence electrons. The van der Waals surface area contributed by atoms with E-state index >= 15 is 0 Å². The molecule has 0 atom stereocenters. The summed E-state index contributed by atoms with van der Waals surface area (Å²) in [6, 6.07) is 10.4. The lowest BCUT2D eigenvalue weighted by molar-refractivity contribution is -0.143. The molecule has 1 aromatic heterocycles. The van der Waals surface area contributed by atoms with Crippen molar-refractivity contribution < 1.29 is 9.53 Å². The molecule has 0 saturated carbocycles. The largest absolute Gasteiger partial charge is 0.465 e. The molecular weight excluding hydrogens is 252 g/mol. The zero-order valence-electron chi connectivity index (χ0n) is 11.8. The molecule has 4 nitrogen and oxygen atoms in total. The summed E-state index contributed by atoms with van der Waals surface area (Å²) in [5, 5.41) is 0. The van der Waals surface area contributed by atoms with Gasteiger partial charge in [0.2, 0.25) is 0 Å². The van der Waals surface area contributed by atoms with E-state index < -0.39 is 0 Å². The van der Waals surface area contributed by atoms with Crippen molar-refractivity contribution in [2.24, 2.45) is 0 Å². The minimum Gasteiger partial charge on any atom is -0.465 e. The SMILES string of the molecule is CCOC(=O)Cn1cncc1CCCc1ccccc1. The number of benzene rings is 1. The normalized spacial score (nSPS) is 10.4. The Morgan fingerprint density at radius 1 is 1.25 bits per heavy atom. The van der Waals surface area contributed by atoms with Crippen LogP contribution < -0.4 is 0 Å². The number of carbonyl (C=O) groups excluding carboxylic acids is 1. The van der Waals surface area contributed by atoms with Crippen molar-refractivity contribution in [2.75, 3.05) is 6.61 Å². The number of ether oxygens (including phenoxy) is 1. The molecule has 20 heavy (non-hydrogen) atoms. The highest BCUT2D eigenvalue weighted by Crippen LogP contribution is 2.08. The molecule has 2 aromatic rings. The summed E-state index contributed by atoms with van der Waals surface area (Å²) in [5.74, 6) is -0.213. The van der Waals surface area contributed by atoms with Crippen molar-refractivity contribution in [1.29, 1.82) is 0 Å². The van der Waals surface area contributed by atoms with Crippen LogP contribution in [0.4, 0.5) is 0 Å². The molecule has 0 aliphatic carbocycles. The van der Waals surface area contributed by atoms with Crippen LogP contribution in [0.1, 0.15) is 24.6 Å². The van der Waals surface area contributed by atoms with Crippen LogP contribution in [0, 0.1) is 0 Å². The van der Waals surface area contributed by atoms with Gasteiger partial charge in [0.15, 0.2) is 0 Å². The monoisotopic (exact) mass is 272 g/mol. The topological polar surface area (TPSA) is 44.1 Å². The van der Waals surface area contributed by atoms with Gasteiger partial charge in [-0.3, -0.25) is 4.79 Å². The standard InChI is InChI=1S/C16H20N2O2/c1-2-20-16(19)12-18-13-17-11-15(18)10-6-9-14-7-4-3-5-8-14/h3-5,7-8,11,13H,2,6,9-10,12H2,1H3. The van der Waals surface area contributed by atoms with Crippen LogP contribution >= 0.6 is 0 Å².